The van der Waals surface area contributed by atoms with Gasteiger partial charge < -0.3 is 19.5 Å². The van der Waals surface area contributed by atoms with Gasteiger partial charge in [-0.2, -0.15) is 4.99 Å². The van der Waals surface area contributed by atoms with E-state index < -0.39 is 5.91 Å². The van der Waals surface area contributed by atoms with Crippen LogP contribution in [0, 0.1) is 0 Å². The van der Waals surface area contributed by atoms with Crippen LogP contribution in [-0.4, -0.2) is 38.3 Å². The summed E-state index contributed by atoms with van der Waals surface area (Å²) in [5.41, 5.74) is 0.689. The molecule has 0 saturated heterocycles. The third-order valence-corrected chi connectivity index (χ3v) is 3.79. The van der Waals surface area contributed by atoms with E-state index in [0.29, 0.717) is 27.7 Å². The molecule has 0 unspecified atom stereocenters. The van der Waals surface area contributed by atoms with E-state index in [1.165, 1.54) is 28.3 Å². The maximum Gasteiger partial charge on any atom is 0.286 e. The van der Waals surface area contributed by atoms with Crippen molar-refractivity contribution in [2.45, 2.75) is 6.92 Å². The van der Waals surface area contributed by atoms with E-state index in [2.05, 4.69) is 10.3 Å². The Hall–Kier alpha value is -2.48. The predicted octanol–water partition coefficient (Wildman–Crippen LogP) is 1.82. The Morgan fingerprint density at radius 3 is 2.26 bits per heavy atom. The fourth-order valence-corrected chi connectivity index (χ4v) is 2.81. The summed E-state index contributed by atoms with van der Waals surface area (Å²) in [6.07, 6.45) is 1.65. The molecule has 1 aliphatic rings. The summed E-state index contributed by atoms with van der Waals surface area (Å²) in [6, 6.07) is 3.44. The largest absolute Gasteiger partial charge is 0.493 e. The van der Waals surface area contributed by atoms with E-state index >= 15 is 0 Å². The van der Waals surface area contributed by atoms with E-state index in [4.69, 9.17) is 14.2 Å². The monoisotopic (exact) mass is 336 g/mol. The Balaban J connectivity index is 2.33. The van der Waals surface area contributed by atoms with Crippen LogP contribution >= 0.6 is 11.8 Å². The zero-order chi connectivity index (χ0) is 17.0. The average molecular weight is 336 g/mol. The highest BCUT2D eigenvalue weighted by Crippen LogP contribution is 2.39. The quantitative estimate of drug-likeness (QED) is 0.844. The first-order valence-electron chi connectivity index (χ1n) is 6.58. The summed E-state index contributed by atoms with van der Waals surface area (Å²) in [4.78, 5) is 27.1. The molecule has 0 aliphatic carbocycles. The highest BCUT2D eigenvalue weighted by atomic mass is 32.2. The smallest absolute Gasteiger partial charge is 0.286 e. The van der Waals surface area contributed by atoms with Crippen molar-refractivity contribution in [3.8, 4) is 17.2 Å². The number of thioether (sulfide) groups is 1. The molecule has 8 heteroatoms. The van der Waals surface area contributed by atoms with E-state index in [-0.39, 0.29) is 11.1 Å². The van der Waals surface area contributed by atoms with Gasteiger partial charge in [0.2, 0.25) is 11.7 Å². The molecular formula is C15H16N2O5S. The summed E-state index contributed by atoms with van der Waals surface area (Å²) in [5.74, 6) is 0.748. The Bertz CT molecular complexity index is 687. The van der Waals surface area contributed by atoms with E-state index in [0.717, 1.165) is 11.8 Å². The molecule has 7 nitrogen and oxygen atoms in total. The molecule has 1 N–H and O–H groups in total. The van der Waals surface area contributed by atoms with Gasteiger partial charge in [0.15, 0.2) is 16.7 Å². The van der Waals surface area contributed by atoms with Crippen molar-refractivity contribution in [2.75, 3.05) is 21.3 Å². The van der Waals surface area contributed by atoms with Gasteiger partial charge in [0.05, 0.1) is 26.2 Å². The van der Waals surface area contributed by atoms with E-state index in [9.17, 15) is 9.59 Å². The predicted molar refractivity (Wildman–Crippen MR) is 87.9 cm³/mol. The van der Waals surface area contributed by atoms with Crippen LogP contribution in [-0.2, 0) is 9.59 Å². The van der Waals surface area contributed by atoms with Crippen molar-refractivity contribution in [1.29, 1.82) is 0 Å². The van der Waals surface area contributed by atoms with Gasteiger partial charge in [-0.25, -0.2) is 0 Å². The number of rotatable bonds is 4. The summed E-state index contributed by atoms with van der Waals surface area (Å²) in [5, 5.41) is 2.76. The standard InChI is InChI=1S/C15H16N2O5S/c1-8(18)16-15-17-14(19)12(23-15)7-9-5-10(20-2)13(22-4)11(6-9)21-3/h5-7H,1-4H3,(H,16,17,18,19)/b12-7+. The van der Waals surface area contributed by atoms with Crippen LogP contribution in [0.4, 0.5) is 0 Å². The van der Waals surface area contributed by atoms with Gasteiger partial charge in [-0.1, -0.05) is 0 Å². The normalized spacial score (nSPS) is 15.4. The maximum atomic E-state index is 11.9. The van der Waals surface area contributed by atoms with Gasteiger partial charge in [-0.15, -0.1) is 0 Å². The number of ether oxygens (including phenoxy) is 3. The molecule has 0 fully saturated rings. The van der Waals surface area contributed by atoms with Crippen LogP contribution in [0.2, 0.25) is 0 Å². The Morgan fingerprint density at radius 2 is 1.78 bits per heavy atom. The third kappa shape index (κ3) is 3.84. The second-order valence-electron chi connectivity index (χ2n) is 4.47. The van der Waals surface area contributed by atoms with Gasteiger partial charge in [-0.3, -0.25) is 9.59 Å². The number of amidine groups is 1. The first-order chi connectivity index (χ1) is 11.0. The molecule has 1 heterocycles. The lowest BCUT2D eigenvalue weighted by Gasteiger charge is -2.13. The maximum absolute atomic E-state index is 11.9. The summed E-state index contributed by atoms with van der Waals surface area (Å²) in [7, 11) is 4.55. The van der Waals surface area contributed by atoms with Crippen LogP contribution in [0.1, 0.15) is 12.5 Å². The van der Waals surface area contributed by atoms with E-state index in [1.54, 1.807) is 18.2 Å². The van der Waals surface area contributed by atoms with Crippen molar-refractivity contribution in [3.05, 3.63) is 22.6 Å². The van der Waals surface area contributed by atoms with Crippen molar-refractivity contribution in [2.24, 2.45) is 4.99 Å². The number of aliphatic imine (C=N–C) groups is 1. The van der Waals surface area contributed by atoms with E-state index in [1.807, 2.05) is 0 Å². The number of amides is 2. The van der Waals surface area contributed by atoms with Crippen molar-refractivity contribution in [3.63, 3.8) is 0 Å². The highest BCUT2D eigenvalue weighted by molar-refractivity contribution is 8.18. The van der Waals surface area contributed by atoms with Gasteiger partial charge in [0, 0.05) is 6.92 Å². The number of methoxy groups -OCH3 is 3. The molecule has 0 aromatic heterocycles. The number of nitrogens with zero attached hydrogens (tertiary/aromatic N) is 1. The number of carbonyl (C=O) groups is 2. The van der Waals surface area contributed by atoms with Crippen LogP contribution in [0.3, 0.4) is 0 Å². The Kier molecular flexibility index (Phi) is 5.28. The average Bonchev–Trinajstić information content (AvgIpc) is 2.84. The molecule has 122 valence electrons. The molecule has 0 saturated carbocycles. The molecule has 1 aromatic rings. The van der Waals surface area contributed by atoms with Crippen LogP contribution < -0.4 is 19.5 Å². The Morgan fingerprint density at radius 1 is 1.17 bits per heavy atom. The number of nitrogens with one attached hydrogen (secondary N) is 1. The van der Waals surface area contributed by atoms with Gasteiger partial charge in [0.25, 0.3) is 5.91 Å². The van der Waals surface area contributed by atoms with Gasteiger partial charge in [0.1, 0.15) is 0 Å². The fraction of sp³-hybridized carbons (Fsp3) is 0.267. The minimum Gasteiger partial charge on any atom is -0.493 e. The lowest BCUT2D eigenvalue weighted by Crippen LogP contribution is -2.23. The van der Waals surface area contributed by atoms with Gasteiger partial charge >= 0.3 is 0 Å². The summed E-state index contributed by atoms with van der Waals surface area (Å²) < 4.78 is 15.8. The summed E-state index contributed by atoms with van der Waals surface area (Å²) >= 11 is 1.10. The van der Waals surface area contributed by atoms with Crippen LogP contribution in [0.25, 0.3) is 6.08 Å². The third-order valence-electron chi connectivity index (χ3n) is 2.89. The minimum absolute atomic E-state index is 0.265. The molecule has 2 amide bonds. The Labute approximate surface area is 137 Å². The lowest BCUT2D eigenvalue weighted by molar-refractivity contribution is -0.117. The zero-order valence-corrected chi connectivity index (χ0v) is 13.9. The molecule has 0 radical (unpaired) electrons. The topological polar surface area (TPSA) is 86.2 Å². The first-order valence-corrected chi connectivity index (χ1v) is 7.40. The molecule has 1 aromatic carbocycles. The van der Waals surface area contributed by atoms with Crippen molar-refractivity contribution < 1.29 is 23.8 Å². The van der Waals surface area contributed by atoms with Crippen LogP contribution in [0.5, 0.6) is 17.2 Å². The molecule has 0 bridgehead atoms. The molecule has 0 atom stereocenters. The first kappa shape index (κ1) is 16.9. The van der Waals surface area contributed by atoms with Crippen LogP contribution in [0.15, 0.2) is 22.0 Å². The van der Waals surface area contributed by atoms with Crippen molar-refractivity contribution in [1.82, 2.24) is 5.32 Å². The number of hydrogen-bond donors (Lipinski definition) is 1. The summed E-state index contributed by atoms with van der Waals surface area (Å²) in [6.45, 7) is 1.36. The lowest BCUT2D eigenvalue weighted by atomic mass is 10.1. The molecular weight excluding hydrogens is 320 g/mol. The number of carbonyl (C=O) groups excluding carboxylic acids is 2. The molecule has 2 rings (SSSR count). The second-order valence-corrected chi connectivity index (χ2v) is 5.50. The zero-order valence-electron chi connectivity index (χ0n) is 13.1. The number of benzene rings is 1. The SMILES string of the molecule is COc1cc(/C=C2/SC(NC(C)=O)=NC2=O)cc(OC)c1OC. The van der Waals surface area contributed by atoms with Crippen molar-refractivity contribution >= 4 is 34.8 Å². The minimum atomic E-state index is -0.410. The van der Waals surface area contributed by atoms with Gasteiger partial charge in [-0.05, 0) is 35.5 Å². The second kappa shape index (κ2) is 7.19. The molecule has 23 heavy (non-hydrogen) atoms. The fourth-order valence-electron chi connectivity index (χ4n) is 1.95. The molecule has 1 aliphatic heterocycles. The highest BCUT2D eigenvalue weighted by Gasteiger charge is 2.23. The molecule has 0 spiro atoms. The number of hydrogen-bond acceptors (Lipinski definition) is 6.